The second-order valence-electron chi connectivity index (χ2n) is 8.86. The molecule has 2 aromatic carbocycles. The van der Waals surface area contributed by atoms with Crippen molar-refractivity contribution in [2.45, 2.75) is 44.7 Å². The van der Waals surface area contributed by atoms with Gasteiger partial charge in [0.2, 0.25) is 11.8 Å². The highest BCUT2D eigenvalue weighted by atomic mass is 16.2. The summed E-state index contributed by atoms with van der Waals surface area (Å²) in [7, 11) is 0. The number of H-pyrrole nitrogens is 1. The molecule has 1 aromatic heterocycles. The molecule has 2 fully saturated rings. The third-order valence-electron chi connectivity index (χ3n) is 6.69. The van der Waals surface area contributed by atoms with Gasteiger partial charge in [-0.25, -0.2) is 0 Å². The summed E-state index contributed by atoms with van der Waals surface area (Å²) >= 11 is 0. The Hall–Kier alpha value is -3.61. The molecule has 5 rings (SSSR count). The Morgan fingerprint density at radius 2 is 1.76 bits per heavy atom. The number of nitrogens with zero attached hydrogens (tertiary/aromatic N) is 2. The monoisotopic (exact) mass is 444 g/mol. The zero-order valence-corrected chi connectivity index (χ0v) is 18.5. The summed E-state index contributed by atoms with van der Waals surface area (Å²) in [4.78, 5) is 45.1. The van der Waals surface area contributed by atoms with E-state index in [0.29, 0.717) is 30.6 Å². The molecule has 2 saturated heterocycles. The quantitative estimate of drug-likeness (QED) is 0.625. The normalized spacial score (nSPS) is 18.7. The Morgan fingerprint density at radius 1 is 1.00 bits per heavy atom. The zero-order chi connectivity index (χ0) is 22.8. The number of benzene rings is 2. The largest absolute Gasteiger partial charge is 0.361 e. The van der Waals surface area contributed by atoms with Gasteiger partial charge in [-0.15, -0.1) is 0 Å². The molecule has 0 spiro atoms. The lowest BCUT2D eigenvalue weighted by molar-refractivity contribution is -0.133. The highest BCUT2D eigenvalue weighted by molar-refractivity contribution is 6.00. The number of anilines is 1. The number of amides is 3. The summed E-state index contributed by atoms with van der Waals surface area (Å²) < 4.78 is 0. The maximum absolute atomic E-state index is 13.0. The summed E-state index contributed by atoms with van der Waals surface area (Å²) in [6.07, 6.45) is 6.05. The van der Waals surface area contributed by atoms with Gasteiger partial charge in [-0.1, -0.05) is 18.2 Å². The minimum atomic E-state index is -0.513. The first-order valence-corrected chi connectivity index (χ1v) is 11.6. The fraction of sp³-hybridized carbons (Fsp3) is 0.346. The molecule has 2 aliphatic rings. The van der Waals surface area contributed by atoms with E-state index in [-0.39, 0.29) is 17.7 Å². The van der Waals surface area contributed by atoms with Crippen LogP contribution in [-0.4, -0.2) is 51.6 Å². The van der Waals surface area contributed by atoms with E-state index in [2.05, 4.69) is 10.3 Å². The van der Waals surface area contributed by atoms with Gasteiger partial charge < -0.3 is 20.1 Å². The standard InChI is InChI=1S/C26H28N4O3/c31-24-13-12-23(30(24)17-19-16-27-22-7-3-2-6-21(19)22)25(32)28-20-10-8-18(9-11-20)26(33)29-14-4-1-5-15-29/h2-3,6-11,16,23,27H,1,4-5,12-15,17H2,(H,28,32). The minimum absolute atomic E-state index is 0.0112. The molecule has 2 N–H and O–H groups in total. The van der Waals surface area contributed by atoms with Gasteiger partial charge in [-0.2, -0.15) is 0 Å². The number of aromatic amines is 1. The number of nitrogens with one attached hydrogen (secondary N) is 2. The fourth-order valence-corrected chi connectivity index (χ4v) is 4.85. The number of aromatic nitrogens is 1. The molecule has 3 amide bonds. The SMILES string of the molecule is O=C(Nc1ccc(C(=O)N2CCCCC2)cc1)C1CCC(=O)N1Cc1c[nH]c2ccccc12. The van der Waals surface area contributed by atoms with Crippen LogP contribution in [0.15, 0.2) is 54.7 Å². The molecule has 33 heavy (non-hydrogen) atoms. The fourth-order valence-electron chi connectivity index (χ4n) is 4.85. The van der Waals surface area contributed by atoms with Crippen LogP contribution in [0.1, 0.15) is 48.0 Å². The van der Waals surface area contributed by atoms with Gasteiger partial charge in [0.1, 0.15) is 6.04 Å². The average molecular weight is 445 g/mol. The van der Waals surface area contributed by atoms with Gasteiger partial charge in [0.05, 0.1) is 0 Å². The lowest BCUT2D eigenvalue weighted by atomic mass is 10.1. The predicted octanol–water partition coefficient (Wildman–Crippen LogP) is 3.92. The number of rotatable bonds is 5. The molecule has 170 valence electrons. The predicted molar refractivity (Wildman–Crippen MR) is 127 cm³/mol. The Labute approximate surface area is 192 Å². The number of carbonyl (C=O) groups excluding carboxylic acids is 3. The molecule has 0 aliphatic carbocycles. The summed E-state index contributed by atoms with van der Waals surface area (Å²) in [5.74, 6) is -0.169. The summed E-state index contributed by atoms with van der Waals surface area (Å²) in [5, 5.41) is 3.99. The van der Waals surface area contributed by atoms with Crippen LogP contribution < -0.4 is 5.32 Å². The average Bonchev–Trinajstić information content (AvgIpc) is 3.43. The second-order valence-corrected chi connectivity index (χ2v) is 8.86. The summed E-state index contributed by atoms with van der Waals surface area (Å²) in [6.45, 7) is 2.00. The molecular formula is C26H28N4O3. The Bertz CT molecular complexity index is 1180. The third kappa shape index (κ3) is 4.35. The number of carbonyl (C=O) groups is 3. The smallest absolute Gasteiger partial charge is 0.253 e. The lowest BCUT2D eigenvalue weighted by Gasteiger charge is -2.26. The molecule has 1 atom stereocenters. The number of hydrogen-bond acceptors (Lipinski definition) is 3. The number of hydrogen-bond donors (Lipinski definition) is 2. The van der Waals surface area contributed by atoms with Crippen LogP contribution in [0.2, 0.25) is 0 Å². The number of piperidine rings is 1. The van der Waals surface area contributed by atoms with Crippen molar-refractivity contribution in [2.75, 3.05) is 18.4 Å². The highest BCUT2D eigenvalue weighted by Gasteiger charge is 2.36. The first-order chi connectivity index (χ1) is 16.1. The van der Waals surface area contributed by atoms with Crippen LogP contribution in [0.4, 0.5) is 5.69 Å². The topological polar surface area (TPSA) is 85.5 Å². The van der Waals surface area contributed by atoms with E-state index < -0.39 is 6.04 Å². The van der Waals surface area contributed by atoms with E-state index >= 15 is 0 Å². The first-order valence-electron chi connectivity index (χ1n) is 11.6. The number of para-hydroxylation sites is 1. The van der Waals surface area contributed by atoms with E-state index in [4.69, 9.17) is 0 Å². The molecule has 7 nitrogen and oxygen atoms in total. The molecule has 1 unspecified atom stereocenters. The van der Waals surface area contributed by atoms with Crippen molar-refractivity contribution in [3.8, 4) is 0 Å². The van der Waals surface area contributed by atoms with E-state index in [1.54, 1.807) is 29.2 Å². The van der Waals surface area contributed by atoms with Crippen molar-refractivity contribution in [3.05, 3.63) is 65.9 Å². The molecule has 0 saturated carbocycles. The van der Waals surface area contributed by atoms with Crippen LogP contribution in [0, 0.1) is 0 Å². The maximum atomic E-state index is 13.0. The van der Waals surface area contributed by atoms with Crippen molar-refractivity contribution < 1.29 is 14.4 Å². The molecular weight excluding hydrogens is 416 g/mol. The number of likely N-dealkylation sites (tertiary alicyclic amines) is 2. The van der Waals surface area contributed by atoms with Gasteiger partial charge >= 0.3 is 0 Å². The molecule has 3 aromatic rings. The summed E-state index contributed by atoms with van der Waals surface area (Å²) in [6, 6.07) is 14.5. The van der Waals surface area contributed by atoms with Gasteiger partial charge in [0.15, 0.2) is 0 Å². The molecule has 2 aliphatic heterocycles. The zero-order valence-electron chi connectivity index (χ0n) is 18.5. The highest BCUT2D eigenvalue weighted by Crippen LogP contribution is 2.26. The second kappa shape index (κ2) is 9.10. The van der Waals surface area contributed by atoms with Crippen LogP contribution in [-0.2, 0) is 16.1 Å². The van der Waals surface area contributed by atoms with E-state index in [1.165, 1.54) is 6.42 Å². The molecule has 7 heteroatoms. The summed E-state index contributed by atoms with van der Waals surface area (Å²) in [5.41, 5.74) is 3.27. The van der Waals surface area contributed by atoms with Gasteiger partial charge in [-0.3, -0.25) is 14.4 Å². The van der Waals surface area contributed by atoms with Crippen molar-refractivity contribution in [3.63, 3.8) is 0 Å². The minimum Gasteiger partial charge on any atom is -0.361 e. The van der Waals surface area contributed by atoms with Crippen molar-refractivity contribution in [1.29, 1.82) is 0 Å². The Morgan fingerprint density at radius 3 is 2.55 bits per heavy atom. The van der Waals surface area contributed by atoms with Gasteiger partial charge in [-0.05, 0) is 61.6 Å². The van der Waals surface area contributed by atoms with Crippen LogP contribution >= 0.6 is 0 Å². The van der Waals surface area contributed by atoms with Gasteiger partial charge in [0, 0.05) is 54.4 Å². The maximum Gasteiger partial charge on any atom is 0.253 e. The van der Waals surface area contributed by atoms with Crippen molar-refractivity contribution in [2.24, 2.45) is 0 Å². The molecule has 0 radical (unpaired) electrons. The van der Waals surface area contributed by atoms with Gasteiger partial charge in [0.25, 0.3) is 5.91 Å². The Balaban J connectivity index is 1.25. The van der Waals surface area contributed by atoms with E-state index in [0.717, 1.165) is 42.4 Å². The lowest BCUT2D eigenvalue weighted by Crippen LogP contribution is -2.41. The number of fused-ring (bicyclic) bond motifs is 1. The van der Waals surface area contributed by atoms with Crippen molar-refractivity contribution >= 4 is 34.3 Å². The van der Waals surface area contributed by atoms with Crippen molar-refractivity contribution in [1.82, 2.24) is 14.8 Å². The molecule has 0 bridgehead atoms. The van der Waals surface area contributed by atoms with Crippen LogP contribution in [0.25, 0.3) is 10.9 Å². The van der Waals surface area contributed by atoms with Crippen LogP contribution in [0.5, 0.6) is 0 Å². The van der Waals surface area contributed by atoms with E-state index in [1.807, 2.05) is 35.4 Å². The third-order valence-corrected chi connectivity index (χ3v) is 6.69. The first kappa shape index (κ1) is 21.2. The molecule has 3 heterocycles. The van der Waals surface area contributed by atoms with Crippen LogP contribution in [0.3, 0.4) is 0 Å². The Kier molecular flexibility index (Phi) is 5.86. The van der Waals surface area contributed by atoms with E-state index in [9.17, 15) is 14.4 Å².